The quantitative estimate of drug-likeness (QED) is 0.598. The Morgan fingerprint density at radius 2 is 1.96 bits per heavy atom. The minimum absolute atomic E-state index is 0.0756. The van der Waals surface area contributed by atoms with Gasteiger partial charge in [-0.1, -0.05) is 23.7 Å². The first-order valence-electron chi connectivity index (χ1n) is 6.79. The molecule has 0 radical (unpaired) electrons. The largest absolute Gasteiger partial charge is 0.493 e. The molecule has 122 valence electrons. The van der Waals surface area contributed by atoms with Gasteiger partial charge in [0.1, 0.15) is 5.75 Å². The zero-order valence-corrected chi connectivity index (χ0v) is 12.9. The van der Waals surface area contributed by atoms with Gasteiger partial charge in [0, 0.05) is 5.56 Å². The highest BCUT2D eigenvalue weighted by Gasteiger charge is 2.30. The molecule has 0 heterocycles. The van der Waals surface area contributed by atoms with Gasteiger partial charge < -0.3 is 4.74 Å². The summed E-state index contributed by atoms with van der Waals surface area (Å²) in [6.45, 7) is 2.35. The van der Waals surface area contributed by atoms with Crippen LogP contribution in [-0.4, -0.2) is 12.8 Å². The van der Waals surface area contributed by atoms with Gasteiger partial charge in [0.2, 0.25) is 0 Å². The number of ether oxygens (including phenoxy) is 1. The van der Waals surface area contributed by atoms with Gasteiger partial charge in [0.15, 0.2) is 0 Å². The van der Waals surface area contributed by atoms with Crippen molar-refractivity contribution < 1.29 is 17.9 Å². The third-order valence-electron chi connectivity index (χ3n) is 2.90. The van der Waals surface area contributed by atoms with Gasteiger partial charge >= 0.3 is 6.18 Å². The third-order valence-corrected chi connectivity index (χ3v) is 3.23. The molecule has 7 heteroatoms. The molecule has 2 aromatic rings. The van der Waals surface area contributed by atoms with Crippen LogP contribution in [-0.2, 0) is 6.18 Å². The fourth-order valence-corrected chi connectivity index (χ4v) is 1.99. The molecule has 0 atom stereocenters. The molecule has 0 spiro atoms. The average molecular weight is 343 g/mol. The molecular weight excluding hydrogens is 329 g/mol. The van der Waals surface area contributed by atoms with E-state index in [1.165, 1.54) is 12.3 Å². The van der Waals surface area contributed by atoms with E-state index in [1.54, 1.807) is 18.2 Å². The van der Waals surface area contributed by atoms with Gasteiger partial charge in [0.05, 0.1) is 29.1 Å². The normalized spacial score (nSPS) is 11.7. The maximum Gasteiger partial charge on any atom is 0.416 e. The topological polar surface area (TPSA) is 33.6 Å². The van der Waals surface area contributed by atoms with E-state index in [4.69, 9.17) is 16.3 Å². The Balaban J connectivity index is 2.18. The number of hydrazone groups is 1. The molecule has 0 aliphatic rings. The lowest BCUT2D eigenvalue weighted by atomic mass is 10.2. The van der Waals surface area contributed by atoms with Crippen molar-refractivity contribution in [3.05, 3.63) is 58.6 Å². The van der Waals surface area contributed by atoms with Crippen LogP contribution in [0.2, 0.25) is 5.02 Å². The molecule has 0 fully saturated rings. The van der Waals surface area contributed by atoms with Gasteiger partial charge in [-0.05, 0) is 37.3 Å². The summed E-state index contributed by atoms with van der Waals surface area (Å²) in [6.07, 6.45) is -2.98. The second-order valence-corrected chi connectivity index (χ2v) is 4.94. The van der Waals surface area contributed by atoms with Gasteiger partial charge in [-0.15, -0.1) is 0 Å². The Bertz CT molecular complexity index is 702. The zero-order chi connectivity index (χ0) is 16.9. The van der Waals surface area contributed by atoms with Gasteiger partial charge in [-0.2, -0.15) is 18.3 Å². The van der Waals surface area contributed by atoms with Crippen molar-refractivity contribution in [1.29, 1.82) is 0 Å². The summed E-state index contributed by atoms with van der Waals surface area (Å²) in [5.74, 6) is 0.635. The second kappa shape index (κ2) is 7.37. The van der Waals surface area contributed by atoms with Crippen LogP contribution in [0.15, 0.2) is 47.6 Å². The van der Waals surface area contributed by atoms with Crippen LogP contribution in [0.5, 0.6) is 5.75 Å². The van der Waals surface area contributed by atoms with Gasteiger partial charge in [0.25, 0.3) is 0 Å². The highest BCUT2D eigenvalue weighted by molar-refractivity contribution is 6.33. The van der Waals surface area contributed by atoms with E-state index < -0.39 is 11.7 Å². The molecule has 0 aliphatic heterocycles. The summed E-state index contributed by atoms with van der Waals surface area (Å²) in [6, 6.07) is 10.2. The molecule has 0 aliphatic carbocycles. The average Bonchev–Trinajstić information content (AvgIpc) is 2.50. The Morgan fingerprint density at radius 1 is 1.22 bits per heavy atom. The van der Waals surface area contributed by atoms with Crippen molar-refractivity contribution in [3.8, 4) is 5.75 Å². The lowest BCUT2D eigenvalue weighted by Gasteiger charge is -2.10. The van der Waals surface area contributed by atoms with Gasteiger partial charge in [-0.3, -0.25) is 5.43 Å². The van der Waals surface area contributed by atoms with Crippen molar-refractivity contribution in [2.24, 2.45) is 5.10 Å². The van der Waals surface area contributed by atoms with E-state index in [2.05, 4.69) is 10.5 Å². The molecule has 0 unspecified atom stereocenters. The zero-order valence-electron chi connectivity index (χ0n) is 12.2. The molecule has 23 heavy (non-hydrogen) atoms. The highest BCUT2D eigenvalue weighted by Crippen LogP contribution is 2.33. The molecule has 3 nitrogen and oxygen atoms in total. The van der Waals surface area contributed by atoms with E-state index in [0.29, 0.717) is 17.9 Å². The van der Waals surface area contributed by atoms with E-state index in [-0.39, 0.29) is 10.7 Å². The first kappa shape index (κ1) is 17.1. The number of hydrogen-bond donors (Lipinski definition) is 1. The summed E-state index contributed by atoms with van der Waals surface area (Å²) < 4.78 is 43.5. The predicted molar refractivity (Wildman–Crippen MR) is 85.3 cm³/mol. The number of benzene rings is 2. The van der Waals surface area contributed by atoms with Crippen LogP contribution >= 0.6 is 11.6 Å². The summed E-state index contributed by atoms with van der Waals surface area (Å²) >= 11 is 5.88. The molecule has 0 saturated carbocycles. The van der Waals surface area contributed by atoms with Crippen molar-refractivity contribution in [2.45, 2.75) is 13.1 Å². The summed E-state index contributed by atoms with van der Waals surface area (Å²) in [5.41, 5.74) is 2.50. The van der Waals surface area contributed by atoms with Crippen LogP contribution in [0.3, 0.4) is 0 Å². The molecule has 0 aromatic heterocycles. The van der Waals surface area contributed by atoms with Crippen molar-refractivity contribution in [2.75, 3.05) is 12.0 Å². The Morgan fingerprint density at radius 3 is 2.65 bits per heavy atom. The maximum absolute atomic E-state index is 12.7. The van der Waals surface area contributed by atoms with E-state index in [9.17, 15) is 13.2 Å². The lowest BCUT2D eigenvalue weighted by molar-refractivity contribution is -0.137. The number of nitrogens with zero attached hydrogens (tertiary/aromatic N) is 1. The monoisotopic (exact) mass is 342 g/mol. The Labute approximate surface area is 136 Å². The van der Waals surface area contributed by atoms with Crippen LogP contribution < -0.4 is 10.2 Å². The van der Waals surface area contributed by atoms with Crippen molar-refractivity contribution in [3.63, 3.8) is 0 Å². The number of halogens is 4. The lowest BCUT2D eigenvalue weighted by Crippen LogP contribution is -2.05. The summed E-state index contributed by atoms with van der Waals surface area (Å²) in [4.78, 5) is 0. The number of nitrogens with one attached hydrogen (secondary N) is 1. The number of rotatable bonds is 5. The smallest absolute Gasteiger partial charge is 0.416 e. The Kier molecular flexibility index (Phi) is 5.50. The minimum Gasteiger partial charge on any atom is -0.493 e. The fourth-order valence-electron chi connectivity index (χ4n) is 1.83. The predicted octanol–water partition coefficient (Wildman–Crippen LogP) is 5.20. The molecule has 1 N–H and O–H groups in total. The Hall–Kier alpha value is -2.21. The van der Waals surface area contributed by atoms with Crippen molar-refractivity contribution in [1.82, 2.24) is 0 Å². The molecule has 2 rings (SSSR count). The summed E-state index contributed by atoms with van der Waals surface area (Å²) in [7, 11) is 0. The van der Waals surface area contributed by atoms with Crippen LogP contribution in [0.4, 0.5) is 18.9 Å². The second-order valence-electron chi connectivity index (χ2n) is 4.53. The minimum atomic E-state index is -4.44. The first-order valence-corrected chi connectivity index (χ1v) is 7.17. The molecule has 0 bridgehead atoms. The van der Waals surface area contributed by atoms with Crippen molar-refractivity contribution >= 4 is 23.5 Å². The first-order chi connectivity index (χ1) is 10.9. The van der Waals surface area contributed by atoms with Crippen LogP contribution in [0.1, 0.15) is 18.1 Å². The number of para-hydroxylation sites is 1. The molecular formula is C16H14ClF3N2O. The standard InChI is InChI=1S/C16H14ClF3N2O/c1-2-23-15-6-4-3-5-11(15)10-21-22-14-9-12(16(18,19)20)7-8-13(14)17/h3-10,22H,2H2,1H3/b21-10+. The molecule has 0 saturated heterocycles. The number of alkyl halides is 3. The number of hydrogen-bond acceptors (Lipinski definition) is 3. The van der Waals surface area contributed by atoms with Crippen LogP contribution in [0, 0.1) is 0 Å². The SMILES string of the molecule is CCOc1ccccc1/C=N/Nc1cc(C(F)(F)F)ccc1Cl. The third kappa shape index (κ3) is 4.63. The molecule has 0 amide bonds. The highest BCUT2D eigenvalue weighted by atomic mass is 35.5. The van der Waals surface area contributed by atoms with Gasteiger partial charge in [-0.25, -0.2) is 0 Å². The fraction of sp³-hybridized carbons (Fsp3) is 0.188. The van der Waals surface area contributed by atoms with Crippen LogP contribution in [0.25, 0.3) is 0 Å². The number of anilines is 1. The van der Waals surface area contributed by atoms with E-state index in [1.807, 2.05) is 13.0 Å². The van der Waals surface area contributed by atoms with E-state index in [0.717, 1.165) is 12.1 Å². The maximum atomic E-state index is 12.7. The van der Waals surface area contributed by atoms with E-state index >= 15 is 0 Å². The summed E-state index contributed by atoms with van der Waals surface area (Å²) in [5, 5.41) is 4.08. The molecule has 2 aromatic carbocycles.